The Labute approximate surface area is 85.9 Å². The standard InChI is InChI=1S/C9H9N5O/c15-11-6-8-2-1-3-9(12-8)7-14-5-4-10-13-14/h1-6,15H,7H2. The predicted octanol–water partition coefficient (Wildman–Crippen LogP) is 0.529. The van der Waals surface area contributed by atoms with Crippen LogP contribution >= 0.6 is 0 Å². The average Bonchev–Trinajstić information content (AvgIpc) is 2.71. The van der Waals surface area contributed by atoms with E-state index in [4.69, 9.17) is 5.21 Å². The molecule has 2 rings (SSSR count). The van der Waals surface area contributed by atoms with Crippen LogP contribution in [-0.2, 0) is 6.54 Å². The van der Waals surface area contributed by atoms with Gasteiger partial charge in [-0.05, 0) is 12.1 Å². The van der Waals surface area contributed by atoms with E-state index in [2.05, 4.69) is 20.5 Å². The van der Waals surface area contributed by atoms with Gasteiger partial charge in [0.25, 0.3) is 0 Å². The highest BCUT2D eigenvalue weighted by molar-refractivity contribution is 5.76. The minimum absolute atomic E-state index is 0.549. The third kappa shape index (κ3) is 2.37. The zero-order valence-electron chi connectivity index (χ0n) is 7.85. The van der Waals surface area contributed by atoms with Gasteiger partial charge in [-0.15, -0.1) is 5.10 Å². The number of rotatable bonds is 3. The number of hydrogen-bond donors (Lipinski definition) is 1. The molecular formula is C9H9N5O. The van der Waals surface area contributed by atoms with Crippen LogP contribution in [0.25, 0.3) is 0 Å². The largest absolute Gasteiger partial charge is 0.411 e. The van der Waals surface area contributed by atoms with Gasteiger partial charge in [0.2, 0.25) is 0 Å². The van der Waals surface area contributed by atoms with E-state index < -0.39 is 0 Å². The summed E-state index contributed by atoms with van der Waals surface area (Å²) >= 11 is 0. The Morgan fingerprint density at radius 3 is 3.13 bits per heavy atom. The van der Waals surface area contributed by atoms with Crippen LogP contribution in [0.15, 0.2) is 35.7 Å². The van der Waals surface area contributed by atoms with Gasteiger partial charge in [0.15, 0.2) is 0 Å². The fourth-order valence-corrected chi connectivity index (χ4v) is 1.20. The summed E-state index contributed by atoms with van der Waals surface area (Å²) in [5, 5.41) is 18.8. The lowest BCUT2D eigenvalue weighted by Crippen LogP contribution is -2.03. The molecule has 0 unspecified atom stereocenters. The van der Waals surface area contributed by atoms with Crippen LogP contribution in [0.3, 0.4) is 0 Å². The van der Waals surface area contributed by atoms with Crippen LogP contribution in [0, 0.1) is 0 Å². The summed E-state index contributed by atoms with van der Waals surface area (Å²) in [4.78, 5) is 4.24. The predicted molar refractivity (Wildman–Crippen MR) is 52.7 cm³/mol. The van der Waals surface area contributed by atoms with Gasteiger partial charge in [-0.2, -0.15) is 0 Å². The molecular weight excluding hydrogens is 194 g/mol. The quantitative estimate of drug-likeness (QED) is 0.448. The first-order valence-corrected chi connectivity index (χ1v) is 4.36. The number of hydrogen-bond acceptors (Lipinski definition) is 5. The second kappa shape index (κ2) is 4.32. The fourth-order valence-electron chi connectivity index (χ4n) is 1.20. The zero-order chi connectivity index (χ0) is 10.5. The third-order valence-corrected chi connectivity index (χ3v) is 1.81. The molecule has 0 spiro atoms. The van der Waals surface area contributed by atoms with Gasteiger partial charge in [-0.1, -0.05) is 16.4 Å². The van der Waals surface area contributed by atoms with Gasteiger partial charge >= 0.3 is 0 Å². The van der Waals surface area contributed by atoms with E-state index in [0.29, 0.717) is 12.2 Å². The van der Waals surface area contributed by atoms with Crippen molar-refractivity contribution in [3.05, 3.63) is 42.0 Å². The van der Waals surface area contributed by atoms with E-state index in [1.807, 2.05) is 12.1 Å². The van der Waals surface area contributed by atoms with Crippen molar-refractivity contribution < 1.29 is 5.21 Å². The number of pyridine rings is 1. The van der Waals surface area contributed by atoms with Gasteiger partial charge < -0.3 is 5.21 Å². The molecule has 0 radical (unpaired) electrons. The number of nitrogens with zero attached hydrogens (tertiary/aromatic N) is 5. The van der Waals surface area contributed by atoms with Crippen molar-refractivity contribution in [3.63, 3.8) is 0 Å². The Hall–Kier alpha value is -2.24. The van der Waals surface area contributed by atoms with Gasteiger partial charge in [-0.3, -0.25) is 0 Å². The molecule has 0 saturated heterocycles. The Kier molecular flexibility index (Phi) is 2.68. The van der Waals surface area contributed by atoms with Crippen molar-refractivity contribution in [1.29, 1.82) is 0 Å². The van der Waals surface area contributed by atoms with Crippen molar-refractivity contribution >= 4 is 6.21 Å². The highest BCUT2D eigenvalue weighted by Gasteiger charge is 1.98. The number of aromatic nitrogens is 4. The Bertz CT molecular complexity index is 451. The maximum Gasteiger partial charge on any atom is 0.0918 e. The van der Waals surface area contributed by atoms with Crippen molar-refractivity contribution in [2.75, 3.05) is 0 Å². The Balaban J connectivity index is 2.18. The van der Waals surface area contributed by atoms with Crippen LogP contribution in [-0.4, -0.2) is 31.4 Å². The maximum atomic E-state index is 8.37. The molecule has 0 aliphatic carbocycles. The Morgan fingerprint density at radius 1 is 1.47 bits per heavy atom. The van der Waals surface area contributed by atoms with Crippen LogP contribution in [0.5, 0.6) is 0 Å². The molecule has 15 heavy (non-hydrogen) atoms. The summed E-state index contributed by atoms with van der Waals surface area (Å²) < 4.78 is 1.67. The topological polar surface area (TPSA) is 76.2 Å². The van der Waals surface area contributed by atoms with Gasteiger partial charge in [0.05, 0.1) is 30.3 Å². The molecule has 2 aromatic rings. The minimum atomic E-state index is 0.549. The molecule has 1 N–H and O–H groups in total. The molecule has 0 bridgehead atoms. The second-order valence-corrected chi connectivity index (χ2v) is 2.90. The van der Waals surface area contributed by atoms with Gasteiger partial charge in [0.1, 0.15) is 0 Å². The molecule has 76 valence electrons. The summed E-state index contributed by atoms with van der Waals surface area (Å²) in [6, 6.07) is 5.47. The van der Waals surface area contributed by atoms with Crippen molar-refractivity contribution in [2.24, 2.45) is 5.16 Å². The molecule has 6 nitrogen and oxygen atoms in total. The van der Waals surface area contributed by atoms with Crippen molar-refractivity contribution in [2.45, 2.75) is 6.54 Å². The molecule has 0 aliphatic heterocycles. The monoisotopic (exact) mass is 203 g/mol. The summed E-state index contributed by atoms with van der Waals surface area (Å²) in [5.41, 5.74) is 1.44. The van der Waals surface area contributed by atoms with Crippen LogP contribution in [0.4, 0.5) is 0 Å². The molecule has 2 heterocycles. The van der Waals surface area contributed by atoms with E-state index in [1.165, 1.54) is 6.21 Å². The van der Waals surface area contributed by atoms with Crippen molar-refractivity contribution in [3.8, 4) is 0 Å². The minimum Gasteiger partial charge on any atom is -0.411 e. The smallest absolute Gasteiger partial charge is 0.0918 e. The summed E-state index contributed by atoms with van der Waals surface area (Å²) in [6.45, 7) is 0.549. The normalized spacial score (nSPS) is 10.9. The van der Waals surface area contributed by atoms with Gasteiger partial charge in [-0.25, -0.2) is 9.67 Å². The molecule has 0 saturated carbocycles. The van der Waals surface area contributed by atoms with Crippen LogP contribution in [0.1, 0.15) is 11.4 Å². The molecule has 0 fully saturated rings. The molecule has 2 aromatic heterocycles. The van der Waals surface area contributed by atoms with E-state index in [-0.39, 0.29) is 0 Å². The highest BCUT2D eigenvalue weighted by Crippen LogP contribution is 1.99. The number of oxime groups is 1. The van der Waals surface area contributed by atoms with E-state index in [0.717, 1.165) is 5.69 Å². The van der Waals surface area contributed by atoms with E-state index in [1.54, 1.807) is 23.1 Å². The maximum absolute atomic E-state index is 8.37. The van der Waals surface area contributed by atoms with E-state index in [9.17, 15) is 0 Å². The SMILES string of the molecule is ON=Cc1cccc(Cn2ccnn2)n1. The van der Waals surface area contributed by atoms with Gasteiger partial charge in [0, 0.05) is 6.20 Å². The lowest BCUT2D eigenvalue weighted by atomic mass is 10.3. The molecule has 0 aromatic carbocycles. The van der Waals surface area contributed by atoms with E-state index >= 15 is 0 Å². The Morgan fingerprint density at radius 2 is 2.40 bits per heavy atom. The first-order valence-electron chi connectivity index (χ1n) is 4.36. The first-order chi connectivity index (χ1) is 7.38. The molecule has 0 amide bonds. The summed E-state index contributed by atoms with van der Waals surface area (Å²) in [5.74, 6) is 0. The second-order valence-electron chi connectivity index (χ2n) is 2.90. The average molecular weight is 203 g/mol. The third-order valence-electron chi connectivity index (χ3n) is 1.81. The van der Waals surface area contributed by atoms with Crippen molar-refractivity contribution in [1.82, 2.24) is 20.0 Å². The van der Waals surface area contributed by atoms with Crippen LogP contribution in [0.2, 0.25) is 0 Å². The lowest BCUT2D eigenvalue weighted by molar-refractivity contribution is 0.321. The molecule has 0 atom stereocenters. The summed E-state index contributed by atoms with van der Waals surface area (Å²) in [6.07, 6.45) is 4.65. The fraction of sp³-hybridized carbons (Fsp3) is 0.111. The highest BCUT2D eigenvalue weighted by atomic mass is 16.4. The summed E-state index contributed by atoms with van der Waals surface area (Å²) in [7, 11) is 0. The zero-order valence-corrected chi connectivity index (χ0v) is 7.85. The first kappa shape index (κ1) is 9.32. The lowest BCUT2D eigenvalue weighted by Gasteiger charge is -2.00. The molecule has 6 heteroatoms. The molecule has 0 aliphatic rings. The van der Waals surface area contributed by atoms with Crippen LogP contribution < -0.4 is 0 Å².